The third kappa shape index (κ3) is 8.94. The molecule has 15 heteroatoms. The number of nitrogens with one attached hydrogen (secondary N) is 4. The second-order valence-corrected chi connectivity index (χ2v) is 16.2. The van der Waals surface area contributed by atoms with Crippen LogP contribution >= 0.6 is 0 Å². The number of imidazole rings is 1. The molecule has 60 heavy (non-hydrogen) atoms. The molecule has 316 valence electrons. The Morgan fingerprint density at radius 1 is 0.750 bits per heavy atom. The molecule has 2 saturated heterocycles. The van der Waals surface area contributed by atoms with E-state index >= 15 is 0 Å². The van der Waals surface area contributed by atoms with Crippen molar-refractivity contribution >= 4 is 35.5 Å². The molecule has 0 aliphatic carbocycles. The van der Waals surface area contributed by atoms with Gasteiger partial charge < -0.3 is 45.1 Å². The fourth-order valence-corrected chi connectivity index (χ4v) is 8.25. The number of ether oxygens (including phenoxy) is 2. The van der Waals surface area contributed by atoms with Crippen LogP contribution in [0.4, 0.5) is 15.3 Å². The van der Waals surface area contributed by atoms with E-state index in [0.717, 1.165) is 58.1 Å². The maximum Gasteiger partial charge on any atom is 0.407 e. The zero-order valence-corrected chi connectivity index (χ0v) is 35.1. The standard InChI is InChI=1S/C45H55N9O6/c1-27(2)38(50-44(57)59-5)42(55)53-22-10-13-36(53)40-46-23-34(48-40)31-18-14-29(15-19-31)30-16-20-32(21-17-30)35-24-47-41(49-35)37-25-52(33-11-8-7-9-12-33)26-54(37)43(56)39(28(3)4)51-45(58)60-6/h7-9,11-12,14-21,23,27-28,35-39H,10,13,22,24-26H2,1-6H3,(H,46,48)(H,47,49)(H,50,57)(H,51,58)/t35?,36-,37-,38-,39-/m0/s1. The first-order chi connectivity index (χ1) is 28.9. The SMILES string of the molecule is COC(=O)N[C@H](C(=O)N1CN(c2ccccc2)C[C@H]1C1=NCC(c2ccc(-c3ccc(-c4cnc([C@@H]5CCCN5C(=O)[C@@H](NC(=O)OC)C(C)C)[nH]4)cc3)cc2)N1)C(C)C. The van der Waals surface area contributed by atoms with Crippen molar-refractivity contribution in [1.82, 2.24) is 35.7 Å². The Morgan fingerprint density at radius 2 is 1.33 bits per heavy atom. The van der Waals surface area contributed by atoms with Gasteiger partial charge in [-0.15, -0.1) is 0 Å². The van der Waals surface area contributed by atoms with Crippen LogP contribution in [0.3, 0.4) is 0 Å². The minimum absolute atomic E-state index is 0.0609. The lowest BCUT2D eigenvalue weighted by molar-refractivity contribution is -0.135. The number of methoxy groups -OCH3 is 2. The number of hydrogen-bond donors (Lipinski definition) is 4. The van der Waals surface area contributed by atoms with Crippen molar-refractivity contribution in [1.29, 1.82) is 0 Å². The number of para-hydroxylation sites is 1. The fraction of sp³-hybridized carbons (Fsp3) is 0.422. The van der Waals surface area contributed by atoms with Gasteiger partial charge in [-0.1, -0.05) is 94.4 Å². The Bertz CT molecular complexity index is 2170. The van der Waals surface area contributed by atoms with E-state index in [0.29, 0.717) is 26.3 Å². The molecule has 0 bridgehead atoms. The highest BCUT2D eigenvalue weighted by Gasteiger charge is 2.43. The monoisotopic (exact) mass is 817 g/mol. The van der Waals surface area contributed by atoms with E-state index in [2.05, 4.69) is 79.3 Å². The zero-order chi connectivity index (χ0) is 42.5. The van der Waals surface area contributed by atoms with Crippen molar-refractivity contribution < 1.29 is 28.7 Å². The van der Waals surface area contributed by atoms with E-state index in [1.54, 1.807) is 11.1 Å². The summed E-state index contributed by atoms with van der Waals surface area (Å²) in [5.74, 6) is 0.876. The molecule has 0 radical (unpaired) electrons. The smallest absolute Gasteiger partial charge is 0.407 e. The fourth-order valence-electron chi connectivity index (χ4n) is 8.25. The molecule has 15 nitrogen and oxygen atoms in total. The van der Waals surface area contributed by atoms with Gasteiger partial charge in [-0.2, -0.15) is 0 Å². The molecule has 1 aromatic heterocycles. The number of aliphatic imine (C=N–C) groups is 1. The molecular formula is C45H55N9O6. The molecule has 5 atom stereocenters. The lowest BCUT2D eigenvalue weighted by Crippen LogP contribution is -2.55. The number of nitrogens with zero attached hydrogens (tertiary/aromatic N) is 5. The van der Waals surface area contributed by atoms with Crippen LogP contribution in [-0.4, -0.2) is 108 Å². The predicted octanol–water partition coefficient (Wildman–Crippen LogP) is 5.89. The van der Waals surface area contributed by atoms with E-state index < -0.39 is 24.3 Å². The summed E-state index contributed by atoms with van der Waals surface area (Å²) in [5, 5.41) is 9.07. The van der Waals surface area contributed by atoms with Gasteiger partial charge in [0.15, 0.2) is 0 Å². The number of aromatic amines is 1. The van der Waals surface area contributed by atoms with Crippen molar-refractivity contribution in [3.8, 4) is 22.4 Å². The molecule has 4 heterocycles. The van der Waals surface area contributed by atoms with Crippen molar-refractivity contribution in [3.63, 3.8) is 0 Å². The highest BCUT2D eigenvalue weighted by atomic mass is 16.5. The number of benzene rings is 3. The topological polar surface area (TPSA) is 174 Å². The van der Waals surface area contributed by atoms with Crippen LogP contribution in [-0.2, 0) is 19.1 Å². The Morgan fingerprint density at radius 3 is 1.93 bits per heavy atom. The van der Waals surface area contributed by atoms with Gasteiger partial charge in [0.1, 0.15) is 29.8 Å². The van der Waals surface area contributed by atoms with Crippen LogP contribution in [0.25, 0.3) is 22.4 Å². The average molecular weight is 818 g/mol. The lowest BCUT2D eigenvalue weighted by atomic mass is 9.99. The normalized spacial score (nSPS) is 19.8. The number of anilines is 1. The van der Waals surface area contributed by atoms with Crippen molar-refractivity contribution in [3.05, 3.63) is 96.4 Å². The van der Waals surface area contributed by atoms with Gasteiger partial charge >= 0.3 is 12.2 Å². The Balaban J connectivity index is 1.00. The quantitative estimate of drug-likeness (QED) is 0.136. The number of carbonyl (C=O) groups excluding carboxylic acids is 4. The van der Waals surface area contributed by atoms with Gasteiger partial charge in [0.2, 0.25) is 11.8 Å². The number of H-pyrrole nitrogens is 1. The maximum atomic E-state index is 14.1. The Labute approximate surface area is 350 Å². The third-order valence-corrected chi connectivity index (χ3v) is 11.7. The summed E-state index contributed by atoms with van der Waals surface area (Å²) < 4.78 is 9.60. The van der Waals surface area contributed by atoms with Crippen molar-refractivity contribution in [2.75, 3.05) is 45.4 Å². The van der Waals surface area contributed by atoms with E-state index in [1.807, 2.05) is 62.9 Å². The zero-order valence-electron chi connectivity index (χ0n) is 35.1. The van der Waals surface area contributed by atoms with Crippen LogP contribution in [0, 0.1) is 11.8 Å². The minimum Gasteiger partial charge on any atom is -0.453 e. The summed E-state index contributed by atoms with van der Waals surface area (Å²) in [7, 11) is 2.58. The van der Waals surface area contributed by atoms with E-state index in [1.165, 1.54) is 14.2 Å². The number of amidine groups is 1. The van der Waals surface area contributed by atoms with Gasteiger partial charge in [0, 0.05) is 18.8 Å². The molecule has 3 aliphatic rings. The molecule has 3 aromatic carbocycles. The minimum atomic E-state index is -0.756. The molecule has 1 unspecified atom stereocenters. The third-order valence-electron chi connectivity index (χ3n) is 11.7. The average Bonchev–Trinajstić information content (AvgIpc) is 4.11. The summed E-state index contributed by atoms with van der Waals surface area (Å²) in [5.41, 5.74) is 6.05. The molecule has 4 amide bonds. The maximum absolute atomic E-state index is 14.1. The molecular weight excluding hydrogens is 763 g/mol. The molecule has 4 N–H and O–H groups in total. The summed E-state index contributed by atoms with van der Waals surface area (Å²) in [6.45, 7) is 9.65. The number of hydrogen-bond acceptors (Lipinski definition) is 10. The number of likely N-dealkylation sites (tertiary alicyclic amines) is 1. The molecule has 4 aromatic rings. The molecule has 0 saturated carbocycles. The molecule has 7 rings (SSSR count). The van der Waals surface area contributed by atoms with Gasteiger partial charge in [0.25, 0.3) is 0 Å². The van der Waals surface area contributed by atoms with Crippen molar-refractivity contribution in [2.24, 2.45) is 16.8 Å². The van der Waals surface area contributed by atoms with E-state index in [-0.39, 0.29) is 41.8 Å². The lowest BCUT2D eigenvalue weighted by Gasteiger charge is -2.30. The largest absolute Gasteiger partial charge is 0.453 e. The van der Waals surface area contributed by atoms with Crippen LogP contribution in [0.2, 0.25) is 0 Å². The van der Waals surface area contributed by atoms with Gasteiger partial charge in [0.05, 0.1) is 51.4 Å². The Kier molecular flexibility index (Phi) is 12.7. The van der Waals surface area contributed by atoms with Gasteiger partial charge in [-0.3, -0.25) is 14.6 Å². The first-order valence-electron chi connectivity index (χ1n) is 20.6. The van der Waals surface area contributed by atoms with Crippen LogP contribution in [0.5, 0.6) is 0 Å². The summed E-state index contributed by atoms with van der Waals surface area (Å²) in [6, 6.07) is 24.7. The number of alkyl carbamates (subject to hydrolysis) is 2. The second-order valence-electron chi connectivity index (χ2n) is 16.2. The van der Waals surface area contributed by atoms with Gasteiger partial charge in [-0.05, 0) is 59.1 Å². The van der Waals surface area contributed by atoms with Crippen LogP contribution in [0.1, 0.15) is 64.0 Å². The van der Waals surface area contributed by atoms with E-state index in [9.17, 15) is 19.2 Å². The highest BCUT2D eigenvalue weighted by molar-refractivity contribution is 5.96. The summed E-state index contributed by atoms with van der Waals surface area (Å²) in [6.07, 6.45) is 2.16. The molecule has 0 spiro atoms. The van der Waals surface area contributed by atoms with Crippen molar-refractivity contribution in [2.45, 2.75) is 70.7 Å². The number of rotatable bonds is 12. The predicted molar refractivity (Wildman–Crippen MR) is 229 cm³/mol. The Hall–Kier alpha value is -6.38. The first-order valence-corrected chi connectivity index (χ1v) is 20.6. The number of aromatic nitrogens is 2. The summed E-state index contributed by atoms with van der Waals surface area (Å²) in [4.78, 5) is 70.7. The van der Waals surface area contributed by atoms with Crippen LogP contribution in [0.15, 0.2) is 90.1 Å². The van der Waals surface area contributed by atoms with Gasteiger partial charge in [-0.25, -0.2) is 14.6 Å². The number of amides is 4. The van der Waals surface area contributed by atoms with E-state index in [4.69, 9.17) is 14.5 Å². The molecule has 3 aliphatic heterocycles. The second kappa shape index (κ2) is 18.3. The van der Waals surface area contributed by atoms with Crippen LogP contribution < -0.4 is 20.9 Å². The highest BCUT2D eigenvalue weighted by Crippen LogP contribution is 2.34. The first kappa shape index (κ1) is 41.8. The molecule has 2 fully saturated rings. The summed E-state index contributed by atoms with van der Waals surface area (Å²) >= 11 is 0. The number of carbonyl (C=O) groups is 4.